The van der Waals surface area contributed by atoms with Gasteiger partial charge in [-0.05, 0) is 24.5 Å². The topological polar surface area (TPSA) is 81.7 Å². The summed E-state index contributed by atoms with van der Waals surface area (Å²) in [6.07, 6.45) is 1.80. The van der Waals surface area contributed by atoms with Gasteiger partial charge in [-0.2, -0.15) is 11.8 Å². The molecule has 0 aliphatic carbocycles. The Hall–Kier alpha value is -2.02. The van der Waals surface area contributed by atoms with E-state index >= 15 is 0 Å². The van der Waals surface area contributed by atoms with Gasteiger partial charge >= 0.3 is 11.9 Å². The molecule has 0 heterocycles. The van der Waals surface area contributed by atoms with Gasteiger partial charge in [0, 0.05) is 5.69 Å². The van der Waals surface area contributed by atoms with Crippen LogP contribution in [0.2, 0.25) is 0 Å². The van der Waals surface area contributed by atoms with Crippen LogP contribution in [0.4, 0.5) is 5.69 Å². The van der Waals surface area contributed by atoms with E-state index in [2.05, 4.69) is 14.8 Å². The Labute approximate surface area is 120 Å². The van der Waals surface area contributed by atoms with Gasteiger partial charge in [-0.1, -0.05) is 0 Å². The van der Waals surface area contributed by atoms with Crippen molar-refractivity contribution in [3.05, 3.63) is 29.3 Å². The number of hydrogen-bond acceptors (Lipinski definition) is 6. The molecule has 7 heteroatoms. The van der Waals surface area contributed by atoms with Gasteiger partial charge in [0.15, 0.2) is 0 Å². The molecule has 20 heavy (non-hydrogen) atoms. The predicted octanol–water partition coefficient (Wildman–Crippen LogP) is 1.56. The molecule has 0 aliphatic heterocycles. The van der Waals surface area contributed by atoms with Crippen molar-refractivity contribution in [1.29, 1.82) is 0 Å². The van der Waals surface area contributed by atoms with Crippen molar-refractivity contribution in [2.45, 2.75) is 0 Å². The number of carbonyl (C=O) groups is 3. The minimum atomic E-state index is -0.601. The molecule has 0 atom stereocenters. The van der Waals surface area contributed by atoms with Crippen LogP contribution < -0.4 is 5.32 Å². The van der Waals surface area contributed by atoms with E-state index in [0.717, 1.165) is 0 Å². The molecule has 0 unspecified atom stereocenters. The molecule has 0 aliphatic rings. The van der Waals surface area contributed by atoms with Crippen molar-refractivity contribution in [1.82, 2.24) is 0 Å². The summed E-state index contributed by atoms with van der Waals surface area (Å²) in [6, 6.07) is 4.23. The maximum Gasteiger partial charge on any atom is 0.337 e. The molecule has 1 amide bonds. The number of nitrogens with one attached hydrogen (secondary N) is 1. The highest BCUT2D eigenvalue weighted by molar-refractivity contribution is 7.99. The number of benzene rings is 1. The fraction of sp³-hybridized carbons (Fsp3) is 0.308. The van der Waals surface area contributed by atoms with Gasteiger partial charge in [0.05, 0.1) is 31.1 Å². The van der Waals surface area contributed by atoms with Crippen LogP contribution in [0.15, 0.2) is 18.2 Å². The molecule has 108 valence electrons. The average molecular weight is 297 g/mol. The SMILES string of the molecule is COC(=O)c1cc(NC(=O)CSC)cc(C(=O)OC)c1. The lowest BCUT2D eigenvalue weighted by Crippen LogP contribution is -2.15. The molecule has 0 aromatic heterocycles. The number of thioether (sulfide) groups is 1. The Morgan fingerprint density at radius 1 is 1.05 bits per heavy atom. The third-order valence-corrected chi connectivity index (χ3v) is 2.89. The smallest absolute Gasteiger partial charge is 0.337 e. The molecular formula is C13H15NO5S. The molecule has 1 aromatic carbocycles. The summed E-state index contributed by atoms with van der Waals surface area (Å²) in [6.45, 7) is 0. The summed E-state index contributed by atoms with van der Waals surface area (Å²) in [7, 11) is 2.47. The van der Waals surface area contributed by atoms with E-state index < -0.39 is 11.9 Å². The van der Waals surface area contributed by atoms with Crippen LogP contribution in [-0.4, -0.2) is 44.1 Å². The second-order valence-corrected chi connectivity index (χ2v) is 4.63. The molecule has 1 aromatic rings. The zero-order valence-corrected chi connectivity index (χ0v) is 12.2. The summed E-state index contributed by atoms with van der Waals surface area (Å²) >= 11 is 1.36. The van der Waals surface area contributed by atoms with Gasteiger partial charge in [-0.15, -0.1) is 0 Å². The number of amides is 1. The van der Waals surface area contributed by atoms with Crippen molar-refractivity contribution in [2.75, 3.05) is 31.5 Å². The third kappa shape index (κ3) is 4.27. The number of rotatable bonds is 5. The number of anilines is 1. The Morgan fingerprint density at radius 3 is 1.95 bits per heavy atom. The quantitative estimate of drug-likeness (QED) is 0.831. The summed E-state index contributed by atoms with van der Waals surface area (Å²) in [5.41, 5.74) is 0.664. The van der Waals surface area contributed by atoms with Crippen LogP contribution in [0.3, 0.4) is 0 Å². The van der Waals surface area contributed by atoms with Gasteiger partial charge in [0.25, 0.3) is 0 Å². The monoisotopic (exact) mass is 297 g/mol. The Kier molecular flexibility index (Phi) is 6.05. The van der Waals surface area contributed by atoms with Gasteiger partial charge in [-0.25, -0.2) is 9.59 Å². The molecule has 0 saturated carbocycles. The predicted molar refractivity (Wildman–Crippen MR) is 76.1 cm³/mol. The van der Waals surface area contributed by atoms with Crippen molar-refractivity contribution < 1.29 is 23.9 Å². The fourth-order valence-corrected chi connectivity index (χ4v) is 1.83. The van der Waals surface area contributed by atoms with Crippen LogP contribution in [0.25, 0.3) is 0 Å². The largest absolute Gasteiger partial charge is 0.465 e. The van der Waals surface area contributed by atoms with Crippen LogP contribution in [-0.2, 0) is 14.3 Å². The highest BCUT2D eigenvalue weighted by atomic mass is 32.2. The number of hydrogen-bond donors (Lipinski definition) is 1. The highest BCUT2D eigenvalue weighted by Gasteiger charge is 2.14. The third-order valence-electron chi connectivity index (χ3n) is 2.33. The summed E-state index contributed by atoms with van der Waals surface area (Å²) in [5, 5.41) is 2.61. The normalized spacial score (nSPS) is 9.75. The molecule has 0 saturated heterocycles. The minimum absolute atomic E-state index is 0.162. The standard InChI is InChI=1S/C13H15NO5S/c1-18-12(16)8-4-9(13(17)19-2)6-10(5-8)14-11(15)7-20-3/h4-6H,7H2,1-3H3,(H,14,15). The molecular weight excluding hydrogens is 282 g/mol. The molecule has 1 N–H and O–H groups in total. The van der Waals surface area contributed by atoms with E-state index in [9.17, 15) is 14.4 Å². The number of ether oxygens (including phenoxy) is 2. The van der Waals surface area contributed by atoms with E-state index in [-0.39, 0.29) is 22.8 Å². The minimum Gasteiger partial charge on any atom is -0.465 e. The highest BCUT2D eigenvalue weighted by Crippen LogP contribution is 2.17. The second-order valence-electron chi connectivity index (χ2n) is 3.76. The van der Waals surface area contributed by atoms with Crippen LogP contribution in [0, 0.1) is 0 Å². The van der Waals surface area contributed by atoms with Crippen molar-refractivity contribution >= 4 is 35.3 Å². The fourth-order valence-electron chi connectivity index (χ4n) is 1.50. The van der Waals surface area contributed by atoms with Crippen molar-refractivity contribution in [3.8, 4) is 0 Å². The maximum atomic E-state index is 11.5. The molecule has 0 fully saturated rings. The van der Waals surface area contributed by atoms with E-state index in [1.807, 2.05) is 0 Å². The second kappa shape index (κ2) is 7.54. The van der Waals surface area contributed by atoms with Gasteiger partial charge in [0.1, 0.15) is 0 Å². The van der Waals surface area contributed by atoms with Gasteiger partial charge in [-0.3, -0.25) is 4.79 Å². The van der Waals surface area contributed by atoms with Crippen LogP contribution in [0.1, 0.15) is 20.7 Å². The number of carbonyl (C=O) groups excluding carboxylic acids is 3. The van der Waals surface area contributed by atoms with E-state index in [4.69, 9.17) is 0 Å². The molecule has 0 radical (unpaired) electrons. The first-order valence-corrected chi connectivity index (χ1v) is 7.01. The zero-order valence-electron chi connectivity index (χ0n) is 11.4. The van der Waals surface area contributed by atoms with Crippen molar-refractivity contribution in [3.63, 3.8) is 0 Å². The lowest BCUT2D eigenvalue weighted by atomic mass is 10.1. The molecule has 1 rings (SSSR count). The number of methoxy groups -OCH3 is 2. The van der Waals surface area contributed by atoms with E-state index in [1.165, 1.54) is 44.2 Å². The Balaban J connectivity index is 3.12. The van der Waals surface area contributed by atoms with E-state index in [1.54, 1.807) is 6.26 Å². The first kappa shape index (κ1) is 16.0. The molecule has 6 nitrogen and oxygen atoms in total. The van der Waals surface area contributed by atoms with Gasteiger partial charge < -0.3 is 14.8 Å². The lowest BCUT2D eigenvalue weighted by molar-refractivity contribution is -0.113. The molecule has 0 spiro atoms. The zero-order chi connectivity index (χ0) is 15.1. The van der Waals surface area contributed by atoms with Crippen LogP contribution in [0.5, 0.6) is 0 Å². The summed E-state index contributed by atoms with van der Waals surface area (Å²) < 4.78 is 9.21. The number of esters is 2. The first-order chi connectivity index (χ1) is 9.51. The maximum absolute atomic E-state index is 11.5. The molecule has 0 bridgehead atoms. The van der Waals surface area contributed by atoms with E-state index in [0.29, 0.717) is 5.69 Å². The Morgan fingerprint density at radius 2 is 1.55 bits per heavy atom. The lowest BCUT2D eigenvalue weighted by Gasteiger charge is -2.09. The average Bonchev–Trinajstić information content (AvgIpc) is 2.45. The Bertz CT molecular complexity index is 495. The van der Waals surface area contributed by atoms with Crippen LogP contribution >= 0.6 is 11.8 Å². The van der Waals surface area contributed by atoms with Crippen molar-refractivity contribution in [2.24, 2.45) is 0 Å². The first-order valence-electron chi connectivity index (χ1n) is 5.62. The summed E-state index contributed by atoms with van der Waals surface area (Å²) in [5.74, 6) is -1.15. The van der Waals surface area contributed by atoms with Gasteiger partial charge in [0.2, 0.25) is 5.91 Å². The summed E-state index contributed by atoms with van der Waals surface area (Å²) in [4.78, 5) is 34.6.